The van der Waals surface area contributed by atoms with Crippen LogP contribution in [0.25, 0.3) is 0 Å². The summed E-state index contributed by atoms with van der Waals surface area (Å²) in [6.45, 7) is 9.81. The molecule has 0 saturated heterocycles. The van der Waals surface area contributed by atoms with Crippen molar-refractivity contribution in [3.8, 4) is 0 Å². The first-order valence-electron chi connectivity index (χ1n) is 6.95. The predicted molar refractivity (Wildman–Crippen MR) is 99.9 cm³/mol. The van der Waals surface area contributed by atoms with Crippen molar-refractivity contribution in [3.05, 3.63) is 33.4 Å². The Morgan fingerprint density at radius 1 is 1.32 bits per heavy atom. The molecule has 0 amide bonds. The Hall–Kier alpha value is -1.16. The largest absolute Gasteiger partial charge is 0.444 e. The van der Waals surface area contributed by atoms with Gasteiger partial charge in [-0.3, -0.25) is 0 Å². The first kappa shape index (κ1) is 18.9. The number of rotatable bonds is 5. The Morgan fingerprint density at radius 3 is 2.64 bits per heavy atom. The third-order valence-electron chi connectivity index (χ3n) is 2.89. The average molecular weight is 435 g/mol. The lowest BCUT2D eigenvalue weighted by molar-refractivity contribution is 0.473. The second-order valence-electron chi connectivity index (χ2n) is 4.64. The maximum absolute atomic E-state index is 5.53. The molecule has 122 valence electrons. The van der Waals surface area contributed by atoms with E-state index in [9.17, 15) is 0 Å². The standard InChI is InChI=1S/C14H21N5OS.HI/c1-5-15-14(17-7-12-6-16-11(4)21-12)18-8-13-19-9(2)10(3)20-13;/h6H,5,7-8H2,1-4H3,(H2,15,17,18);1H. The van der Waals surface area contributed by atoms with Gasteiger partial charge in [0.2, 0.25) is 5.89 Å². The van der Waals surface area contributed by atoms with Crippen LogP contribution in [0.5, 0.6) is 0 Å². The van der Waals surface area contributed by atoms with Crippen LogP contribution >= 0.6 is 35.3 Å². The molecule has 0 aliphatic heterocycles. The van der Waals surface area contributed by atoms with Crippen molar-refractivity contribution in [2.75, 3.05) is 6.54 Å². The van der Waals surface area contributed by atoms with E-state index in [1.807, 2.05) is 33.9 Å². The van der Waals surface area contributed by atoms with Crippen LogP contribution in [0, 0.1) is 20.8 Å². The minimum Gasteiger partial charge on any atom is -0.444 e. The number of oxazole rings is 1. The first-order valence-corrected chi connectivity index (χ1v) is 7.76. The number of hydrogen-bond acceptors (Lipinski definition) is 5. The van der Waals surface area contributed by atoms with Crippen molar-refractivity contribution in [2.24, 2.45) is 4.99 Å². The summed E-state index contributed by atoms with van der Waals surface area (Å²) in [7, 11) is 0. The fraction of sp³-hybridized carbons (Fsp3) is 0.500. The van der Waals surface area contributed by atoms with Gasteiger partial charge in [0, 0.05) is 17.6 Å². The maximum Gasteiger partial charge on any atom is 0.216 e. The third-order valence-corrected chi connectivity index (χ3v) is 3.80. The molecule has 0 aliphatic carbocycles. The Balaban J connectivity index is 0.00000242. The van der Waals surface area contributed by atoms with Crippen LogP contribution in [0.1, 0.15) is 34.2 Å². The van der Waals surface area contributed by atoms with Crippen molar-refractivity contribution in [1.82, 2.24) is 20.6 Å². The van der Waals surface area contributed by atoms with Gasteiger partial charge in [-0.15, -0.1) is 35.3 Å². The van der Waals surface area contributed by atoms with Crippen molar-refractivity contribution >= 4 is 41.3 Å². The fourth-order valence-electron chi connectivity index (χ4n) is 1.75. The number of nitrogens with zero attached hydrogens (tertiary/aromatic N) is 3. The summed E-state index contributed by atoms with van der Waals surface area (Å²) in [6.07, 6.45) is 1.89. The van der Waals surface area contributed by atoms with Gasteiger partial charge in [-0.1, -0.05) is 0 Å². The number of aryl methyl sites for hydroxylation is 3. The number of hydrogen-bond donors (Lipinski definition) is 2. The van der Waals surface area contributed by atoms with Crippen LogP contribution in [0.2, 0.25) is 0 Å². The molecule has 0 saturated carbocycles. The quantitative estimate of drug-likeness (QED) is 0.429. The molecule has 0 bridgehead atoms. The summed E-state index contributed by atoms with van der Waals surface area (Å²) in [5, 5.41) is 7.56. The van der Waals surface area contributed by atoms with E-state index in [1.165, 1.54) is 4.88 Å². The molecular weight excluding hydrogens is 413 g/mol. The van der Waals surface area contributed by atoms with Crippen LogP contribution in [0.3, 0.4) is 0 Å². The van der Waals surface area contributed by atoms with E-state index >= 15 is 0 Å². The third kappa shape index (κ3) is 5.56. The van der Waals surface area contributed by atoms with Gasteiger partial charge in [0.1, 0.15) is 12.3 Å². The SMILES string of the molecule is CCNC(=NCc1nc(C)c(C)o1)NCc1cnc(C)s1.I. The second kappa shape index (κ2) is 9.09. The van der Waals surface area contributed by atoms with Gasteiger partial charge in [0.15, 0.2) is 5.96 Å². The molecule has 8 heteroatoms. The average Bonchev–Trinajstić information content (AvgIpc) is 3.00. The Morgan fingerprint density at radius 2 is 2.09 bits per heavy atom. The maximum atomic E-state index is 5.53. The van der Waals surface area contributed by atoms with Crippen molar-refractivity contribution in [2.45, 2.75) is 40.8 Å². The fourth-order valence-corrected chi connectivity index (χ4v) is 2.49. The first-order chi connectivity index (χ1) is 10.1. The molecule has 0 aromatic carbocycles. The number of thiazole rings is 1. The van der Waals surface area contributed by atoms with Gasteiger partial charge < -0.3 is 15.1 Å². The Labute approximate surface area is 151 Å². The molecule has 2 aromatic heterocycles. The zero-order chi connectivity index (χ0) is 15.2. The van der Waals surface area contributed by atoms with Gasteiger partial charge in [0.05, 0.1) is 17.2 Å². The highest BCUT2D eigenvalue weighted by molar-refractivity contribution is 14.0. The van der Waals surface area contributed by atoms with E-state index < -0.39 is 0 Å². The van der Waals surface area contributed by atoms with Gasteiger partial charge in [-0.2, -0.15) is 0 Å². The molecule has 0 aliphatic rings. The van der Waals surface area contributed by atoms with Crippen molar-refractivity contribution < 1.29 is 4.42 Å². The lowest BCUT2D eigenvalue weighted by Crippen LogP contribution is -2.36. The highest BCUT2D eigenvalue weighted by Gasteiger charge is 2.06. The number of nitrogens with one attached hydrogen (secondary N) is 2. The van der Waals surface area contributed by atoms with Crippen LogP contribution in [0.4, 0.5) is 0 Å². The number of aromatic nitrogens is 2. The molecular formula is C14H22IN5OS. The van der Waals surface area contributed by atoms with Gasteiger partial charge in [0.25, 0.3) is 0 Å². The van der Waals surface area contributed by atoms with E-state index in [0.29, 0.717) is 19.0 Å². The van der Waals surface area contributed by atoms with Crippen LogP contribution in [-0.2, 0) is 13.1 Å². The van der Waals surface area contributed by atoms with E-state index in [4.69, 9.17) is 4.42 Å². The molecule has 0 atom stereocenters. The summed E-state index contributed by atoms with van der Waals surface area (Å²) in [5.41, 5.74) is 0.915. The van der Waals surface area contributed by atoms with Crippen LogP contribution in [0.15, 0.2) is 15.6 Å². The topological polar surface area (TPSA) is 75.3 Å². The Bertz CT molecular complexity index is 603. The summed E-state index contributed by atoms with van der Waals surface area (Å²) < 4.78 is 5.53. The molecule has 22 heavy (non-hydrogen) atoms. The summed E-state index contributed by atoms with van der Waals surface area (Å²) in [5.74, 6) is 2.23. The van der Waals surface area contributed by atoms with Gasteiger partial charge >= 0.3 is 0 Å². The smallest absolute Gasteiger partial charge is 0.216 e. The van der Waals surface area contributed by atoms with Gasteiger partial charge in [-0.25, -0.2) is 15.0 Å². The number of guanidine groups is 1. The molecule has 6 nitrogen and oxygen atoms in total. The second-order valence-corrected chi connectivity index (χ2v) is 5.96. The van der Waals surface area contributed by atoms with Crippen molar-refractivity contribution in [1.29, 1.82) is 0 Å². The van der Waals surface area contributed by atoms with E-state index in [0.717, 1.165) is 29.0 Å². The minimum absolute atomic E-state index is 0. The molecule has 2 aromatic rings. The molecule has 0 fully saturated rings. The zero-order valence-corrected chi connectivity index (χ0v) is 16.4. The Kier molecular flexibility index (Phi) is 7.80. The molecule has 0 unspecified atom stereocenters. The molecule has 2 heterocycles. The molecule has 0 radical (unpaired) electrons. The summed E-state index contributed by atoms with van der Waals surface area (Å²) in [4.78, 5) is 14.2. The van der Waals surface area contributed by atoms with Crippen LogP contribution in [-0.4, -0.2) is 22.5 Å². The van der Waals surface area contributed by atoms with E-state index in [1.54, 1.807) is 11.3 Å². The lowest BCUT2D eigenvalue weighted by Gasteiger charge is -2.09. The monoisotopic (exact) mass is 435 g/mol. The molecule has 2 N–H and O–H groups in total. The molecule has 2 rings (SSSR count). The van der Waals surface area contributed by atoms with Gasteiger partial charge in [-0.05, 0) is 27.7 Å². The van der Waals surface area contributed by atoms with Crippen LogP contribution < -0.4 is 10.6 Å². The predicted octanol–water partition coefficient (Wildman–Crippen LogP) is 2.93. The number of halogens is 1. The number of aliphatic imine (C=N–C) groups is 1. The van der Waals surface area contributed by atoms with E-state index in [-0.39, 0.29) is 24.0 Å². The molecule has 0 spiro atoms. The zero-order valence-electron chi connectivity index (χ0n) is 13.3. The van der Waals surface area contributed by atoms with E-state index in [2.05, 4.69) is 25.6 Å². The van der Waals surface area contributed by atoms with Crippen molar-refractivity contribution in [3.63, 3.8) is 0 Å². The minimum atomic E-state index is 0. The summed E-state index contributed by atoms with van der Waals surface area (Å²) in [6, 6.07) is 0. The highest BCUT2D eigenvalue weighted by Crippen LogP contribution is 2.11. The summed E-state index contributed by atoms with van der Waals surface area (Å²) >= 11 is 1.68. The normalized spacial score (nSPS) is 11.2. The highest BCUT2D eigenvalue weighted by atomic mass is 127. The lowest BCUT2D eigenvalue weighted by atomic mass is 10.4.